The number of β-amino-alcohol motifs (C(OH)–C–C–N with tert-alkyl or cyclic N) is 1. The van der Waals surface area contributed by atoms with E-state index in [0.717, 1.165) is 24.3 Å². The highest BCUT2D eigenvalue weighted by Crippen LogP contribution is 2.30. The van der Waals surface area contributed by atoms with Gasteiger partial charge in [0.1, 0.15) is 0 Å². The van der Waals surface area contributed by atoms with Crippen molar-refractivity contribution in [2.24, 2.45) is 0 Å². The molecule has 0 bridgehead atoms. The van der Waals surface area contributed by atoms with Crippen molar-refractivity contribution in [1.82, 2.24) is 30.0 Å². The van der Waals surface area contributed by atoms with Crippen molar-refractivity contribution in [1.29, 1.82) is 0 Å². The summed E-state index contributed by atoms with van der Waals surface area (Å²) in [5.74, 6) is 1.19. The lowest BCUT2D eigenvalue weighted by Gasteiger charge is -2.40. The number of rotatable bonds is 5. The summed E-state index contributed by atoms with van der Waals surface area (Å²) in [4.78, 5) is 7.71. The maximum absolute atomic E-state index is 11.0. The minimum absolute atomic E-state index is 0.0521. The molecule has 1 aliphatic heterocycles. The van der Waals surface area contributed by atoms with Crippen LogP contribution < -0.4 is 0 Å². The van der Waals surface area contributed by atoms with Gasteiger partial charge in [-0.15, -0.1) is 16.4 Å². The molecule has 9 heteroatoms. The second kappa shape index (κ2) is 6.66. The molecule has 0 saturated carbocycles. The Morgan fingerprint density at radius 1 is 1.48 bits per heavy atom. The molecule has 0 aromatic carbocycles. The average Bonchev–Trinajstić information content (AvgIpc) is 3.35. The third kappa shape index (κ3) is 3.48. The number of hydrogen-bond donors (Lipinski definition) is 1. The van der Waals surface area contributed by atoms with Crippen molar-refractivity contribution in [3.8, 4) is 10.7 Å². The van der Waals surface area contributed by atoms with Crippen LogP contribution in [0.3, 0.4) is 0 Å². The maximum atomic E-state index is 11.0. The Labute approximate surface area is 149 Å². The second-order valence-electron chi connectivity index (χ2n) is 6.51. The van der Waals surface area contributed by atoms with Crippen LogP contribution in [0.4, 0.5) is 0 Å². The van der Waals surface area contributed by atoms with Gasteiger partial charge in [-0.25, -0.2) is 4.68 Å². The summed E-state index contributed by atoms with van der Waals surface area (Å²) in [5, 5.41) is 24.8. The molecule has 0 aliphatic carbocycles. The Morgan fingerprint density at radius 3 is 3.16 bits per heavy atom. The van der Waals surface area contributed by atoms with E-state index in [-0.39, 0.29) is 6.04 Å². The highest BCUT2D eigenvalue weighted by Gasteiger charge is 2.37. The van der Waals surface area contributed by atoms with Gasteiger partial charge in [0.2, 0.25) is 11.7 Å². The molecule has 3 aromatic heterocycles. The molecule has 8 nitrogen and oxygen atoms in total. The summed E-state index contributed by atoms with van der Waals surface area (Å²) in [6.45, 7) is 3.88. The second-order valence-corrected chi connectivity index (χ2v) is 7.46. The molecule has 1 saturated heterocycles. The first-order valence-corrected chi connectivity index (χ1v) is 9.19. The standard InChI is InChI=1S/C16H20N6O2S/c1-12(15-18-14(19-24-15)13-4-2-9-25-13)21-7-3-5-16(23,10-21)11-22-8-6-17-20-22/h2,4,6,8-9,12,23H,3,5,7,10-11H2,1H3. The van der Waals surface area contributed by atoms with E-state index in [1.807, 2.05) is 24.4 Å². The fourth-order valence-electron chi connectivity index (χ4n) is 3.29. The van der Waals surface area contributed by atoms with Gasteiger partial charge in [0.25, 0.3) is 0 Å². The van der Waals surface area contributed by atoms with Crippen LogP contribution in [-0.4, -0.2) is 53.8 Å². The van der Waals surface area contributed by atoms with Crippen molar-refractivity contribution in [3.05, 3.63) is 35.8 Å². The molecule has 4 rings (SSSR count). The van der Waals surface area contributed by atoms with E-state index in [0.29, 0.717) is 24.8 Å². The minimum atomic E-state index is -0.836. The van der Waals surface area contributed by atoms with Gasteiger partial charge < -0.3 is 9.63 Å². The number of aromatic nitrogens is 5. The summed E-state index contributed by atoms with van der Waals surface area (Å²) in [6.07, 6.45) is 5.03. The average molecular weight is 360 g/mol. The molecule has 4 heterocycles. The lowest BCUT2D eigenvalue weighted by Crippen LogP contribution is -2.51. The molecule has 132 valence electrons. The van der Waals surface area contributed by atoms with Gasteiger partial charge >= 0.3 is 0 Å². The van der Waals surface area contributed by atoms with Crippen LogP contribution in [0.15, 0.2) is 34.4 Å². The zero-order chi connectivity index (χ0) is 17.3. The molecule has 0 radical (unpaired) electrons. The number of aliphatic hydroxyl groups is 1. The van der Waals surface area contributed by atoms with Gasteiger partial charge in [-0.05, 0) is 37.8 Å². The van der Waals surface area contributed by atoms with E-state index < -0.39 is 5.60 Å². The summed E-state index contributed by atoms with van der Waals surface area (Å²) in [7, 11) is 0. The zero-order valence-electron chi connectivity index (χ0n) is 13.9. The van der Waals surface area contributed by atoms with Crippen LogP contribution in [0.2, 0.25) is 0 Å². The van der Waals surface area contributed by atoms with E-state index in [1.165, 1.54) is 0 Å². The third-order valence-electron chi connectivity index (χ3n) is 4.60. The van der Waals surface area contributed by atoms with Crippen LogP contribution in [0, 0.1) is 0 Å². The Morgan fingerprint density at radius 2 is 2.40 bits per heavy atom. The summed E-state index contributed by atoms with van der Waals surface area (Å²) in [6, 6.07) is 3.89. The van der Waals surface area contributed by atoms with Gasteiger partial charge in [0, 0.05) is 12.7 Å². The molecular weight excluding hydrogens is 340 g/mol. The first-order valence-electron chi connectivity index (χ1n) is 8.31. The highest BCUT2D eigenvalue weighted by atomic mass is 32.1. The molecular formula is C16H20N6O2S. The van der Waals surface area contributed by atoms with E-state index in [1.54, 1.807) is 28.4 Å². The number of nitrogens with zero attached hydrogens (tertiary/aromatic N) is 6. The van der Waals surface area contributed by atoms with Gasteiger partial charge in [-0.1, -0.05) is 16.4 Å². The molecule has 1 N–H and O–H groups in total. The van der Waals surface area contributed by atoms with Gasteiger partial charge in [0.05, 0.1) is 29.3 Å². The molecule has 0 spiro atoms. The largest absolute Gasteiger partial charge is 0.387 e. The molecule has 0 amide bonds. The van der Waals surface area contributed by atoms with E-state index in [4.69, 9.17) is 4.52 Å². The number of likely N-dealkylation sites (tertiary alicyclic amines) is 1. The fraction of sp³-hybridized carbons (Fsp3) is 0.500. The van der Waals surface area contributed by atoms with Crippen molar-refractivity contribution in [3.63, 3.8) is 0 Å². The SMILES string of the molecule is CC(c1nc(-c2cccs2)no1)N1CCCC(O)(Cn2ccnn2)C1. The first kappa shape index (κ1) is 16.4. The Hall–Kier alpha value is -2.10. The van der Waals surface area contributed by atoms with Gasteiger partial charge in [-0.2, -0.15) is 4.98 Å². The molecule has 1 fully saturated rings. The van der Waals surface area contributed by atoms with Crippen LogP contribution in [0.5, 0.6) is 0 Å². The van der Waals surface area contributed by atoms with Crippen LogP contribution in [0.1, 0.15) is 31.7 Å². The van der Waals surface area contributed by atoms with Crippen molar-refractivity contribution >= 4 is 11.3 Å². The molecule has 2 atom stereocenters. The van der Waals surface area contributed by atoms with Crippen LogP contribution in [-0.2, 0) is 6.54 Å². The zero-order valence-corrected chi connectivity index (χ0v) is 14.8. The maximum Gasteiger partial charge on any atom is 0.244 e. The van der Waals surface area contributed by atoms with Crippen molar-refractivity contribution in [2.45, 2.75) is 38.0 Å². The van der Waals surface area contributed by atoms with E-state index in [9.17, 15) is 5.11 Å². The van der Waals surface area contributed by atoms with Gasteiger partial charge in [-0.3, -0.25) is 4.90 Å². The first-order chi connectivity index (χ1) is 12.1. The summed E-state index contributed by atoms with van der Waals surface area (Å²) >= 11 is 1.58. The quantitative estimate of drug-likeness (QED) is 0.743. The van der Waals surface area contributed by atoms with Gasteiger partial charge in [0.15, 0.2) is 0 Å². The monoisotopic (exact) mass is 360 g/mol. The minimum Gasteiger partial charge on any atom is -0.387 e. The topological polar surface area (TPSA) is 93.1 Å². The predicted octanol–water partition coefficient (Wildman–Crippen LogP) is 1.98. The Kier molecular flexibility index (Phi) is 4.36. The lowest BCUT2D eigenvalue weighted by molar-refractivity contribution is -0.0588. The van der Waals surface area contributed by atoms with Crippen LogP contribution >= 0.6 is 11.3 Å². The Balaban J connectivity index is 1.47. The lowest BCUT2D eigenvalue weighted by atomic mass is 9.92. The van der Waals surface area contributed by atoms with Crippen molar-refractivity contribution < 1.29 is 9.63 Å². The third-order valence-corrected chi connectivity index (χ3v) is 5.47. The summed E-state index contributed by atoms with van der Waals surface area (Å²) < 4.78 is 7.15. The summed E-state index contributed by atoms with van der Waals surface area (Å²) in [5.41, 5.74) is -0.836. The number of hydrogen-bond acceptors (Lipinski definition) is 8. The smallest absolute Gasteiger partial charge is 0.244 e. The molecule has 25 heavy (non-hydrogen) atoms. The molecule has 3 aromatic rings. The van der Waals surface area contributed by atoms with E-state index in [2.05, 4.69) is 25.4 Å². The fourth-order valence-corrected chi connectivity index (χ4v) is 3.94. The highest BCUT2D eigenvalue weighted by molar-refractivity contribution is 7.13. The molecule has 2 unspecified atom stereocenters. The Bertz CT molecular complexity index is 803. The molecule has 1 aliphatic rings. The predicted molar refractivity (Wildman–Crippen MR) is 91.8 cm³/mol. The normalized spacial score (nSPS) is 23.0. The number of piperidine rings is 1. The van der Waals surface area contributed by atoms with Crippen LogP contribution in [0.25, 0.3) is 10.7 Å². The number of thiophene rings is 1. The van der Waals surface area contributed by atoms with E-state index >= 15 is 0 Å². The van der Waals surface area contributed by atoms with Crippen molar-refractivity contribution in [2.75, 3.05) is 13.1 Å².